The summed E-state index contributed by atoms with van der Waals surface area (Å²) in [6.07, 6.45) is 0.990. The Kier molecular flexibility index (Phi) is 4.97. The van der Waals surface area contributed by atoms with E-state index in [1.165, 1.54) is 6.07 Å². The summed E-state index contributed by atoms with van der Waals surface area (Å²) in [4.78, 5) is 11.7. The van der Waals surface area contributed by atoms with Gasteiger partial charge in [0.15, 0.2) is 0 Å². The summed E-state index contributed by atoms with van der Waals surface area (Å²) in [7, 11) is 0. The summed E-state index contributed by atoms with van der Waals surface area (Å²) in [5.74, 6) is -0.398. The van der Waals surface area contributed by atoms with Crippen molar-refractivity contribution in [2.24, 2.45) is 0 Å². The lowest BCUT2D eigenvalue weighted by Gasteiger charge is -2.11. The first-order valence-corrected chi connectivity index (χ1v) is 5.80. The van der Waals surface area contributed by atoms with Gasteiger partial charge in [-0.2, -0.15) is 0 Å². The zero-order valence-electron chi connectivity index (χ0n) is 10.2. The maximum Gasteiger partial charge on any atom is 0.255 e. The number of rotatable bonds is 5. The fourth-order valence-corrected chi connectivity index (χ4v) is 1.57. The zero-order valence-corrected chi connectivity index (χ0v) is 10.2. The van der Waals surface area contributed by atoms with Crippen LogP contribution in [0.4, 0.5) is 0 Å². The maximum atomic E-state index is 11.7. The Morgan fingerprint density at radius 3 is 2.76 bits per heavy atom. The number of nitrogens with one attached hydrogen (secondary N) is 1. The van der Waals surface area contributed by atoms with Gasteiger partial charge < -0.3 is 15.5 Å². The minimum Gasteiger partial charge on any atom is -0.507 e. The summed E-state index contributed by atoms with van der Waals surface area (Å²) in [6.45, 7) is 4.02. The zero-order chi connectivity index (χ0) is 12.8. The van der Waals surface area contributed by atoms with Gasteiger partial charge in [0.25, 0.3) is 5.91 Å². The van der Waals surface area contributed by atoms with Crippen LogP contribution in [0.3, 0.4) is 0 Å². The van der Waals surface area contributed by atoms with Crippen molar-refractivity contribution in [1.82, 2.24) is 5.32 Å². The molecule has 0 aliphatic carbocycles. The highest BCUT2D eigenvalue weighted by atomic mass is 16.3. The van der Waals surface area contributed by atoms with E-state index in [1.54, 1.807) is 12.1 Å². The van der Waals surface area contributed by atoms with E-state index in [4.69, 9.17) is 0 Å². The lowest BCUT2D eigenvalue weighted by molar-refractivity contribution is 0.0907. The molecule has 1 aromatic rings. The highest BCUT2D eigenvalue weighted by molar-refractivity contribution is 5.96. The summed E-state index contributed by atoms with van der Waals surface area (Å²) in [5.41, 5.74) is 1.13. The average molecular weight is 237 g/mol. The van der Waals surface area contributed by atoms with Gasteiger partial charge in [0, 0.05) is 6.54 Å². The number of hydrogen-bond acceptors (Lipinski definition) is 3. The van der Waals surface area contributed by atoms with Crippen LogP contribution in [0.2, 0.25) is 0 Å². The van der Waals surface area contributed by atoms with E-state index in [0.29, 0.717) is 6.42 Å². The molecule has 0 saturated carbocycles. The van der Waals surface area contributed by atoms with Gasteiger partial charge in [0.1, 0.15) is 5.75 Å². The van der Waals surface area contributed by atoms with Gasteiger partial charge in [-0.05, 0) is 31.0 Å². The summed E-state index contributed by atoms with van der Waals surface area (Å²) in [6, 6.07) is 4.88. The molecule has 0 spiro atoms. The number of aliphatic hydroxyl groups is 1. The molecule has 1 amide bonds. The second-order valence-electron chi connectivity index (χ2n) is 4.17. The van der Waals surface area contributed by atoms with Crippen LogP contribution in [0, 0.1) is 6.92 Å². The molecule has 0 bridgehead atoms. The number of aromatic hydroxyl groups is 1. The molecule has 0 aromatic heterocycles. The van der Waals surface area contributed by atoms with Gasteiger partial charge in [-0.25, -0.2) is 0 Å². The normalized spacial score (nSPS) is 12.2. The van der Waals surface area contributed by atoms with Crippen molar-refractivity contribution in [1.29, 1.82) is 0 Å². The fraction of sp³-hybridized carbons (Fsp3) is 0.462. The molecular weight excluding hydrogens is 218 g/mol. The Balaban J connectivity index is 2.58. The summed E-state index contributed by atoms with van der Waals surface area (Å²) >= 11 is 0. The largest absolute Gasteiger partial charge is 0.507 e. The first-order chi connectivity index (χ1) is 8.04. The average Bonchev–Trinajstić information content (AvgIpc) is 2.26. The highest BCUT2D eigenvalue weighted by Gasteiger charge is 2.12. The lowest BCUT2D eigenvalue weighted by Crippen LogP contribution is -2.32. The number of carbonyl (C=O) groups is 1. The number of benzene rings is 1. The molecule has 1 rings (SSSR count). The lowest BCUT2D eigenvalue weighted by atomic mass is 10.1. The summed E-state index contributed by atoms with van der Waals surface area (Å²) < 4.78 is 0. The monoisotopic (exact) mass is 237 g/mol. The van der Waals surface area contributed by atoms with Crippen LogP contribution >= 0.6 is 0 Å². The second-order valence-corrected chi connectivity index (χ2v) is 4.17. The Hall–Kier alpha value is -1.55. The highest BCUT2D eigenvalue weighted by Crippen LogP contribution is 2.18. The summed E-state index contributed by atoms with van der Waals surface area (Å²) in [5, 5.41) is 21.7. The molecule has 3 N–H and O–H groups in total. The first kappa shape index (κ1) is 13.5. The number of phenols is 1. The van der Waals surface area contributed by atoms with Crippen LogP contribution in [0.15, 0.2) is 18.2 Å². The standard InChI is InChI=1S/C13H19NO3/c1-3-4-10(15)8-14-13(17)11-6-5-9(2)7-12(11)16/h5-7,10,15-16H,3-4,8H2,1-2H3,(H,14,17). The molecule has 1 atom stereocenters. The van der Waals surface area contributed by atoms with E-state index in [0.717, 1.165) is 12.0 Å². The Morgan fingerprint density at radius 1 is 1.47 bits per heavy atom. The van der Waals surface area contributed by atoms with Crippen LogP contribution in [0.1, 0.15) is 35.7 Å². The van der Waals surface area contributed by atoms with E-state index in [9.17, 15) is 15.0 Å². The van der Waals surface area contributed by atoms with Crippen LogP contribution in [0.5, 0.6) is 5.75 Å². The molecular formula is C13H19NO3. The van der Waals surface area contributed by atoms with Crippen molar-refractivity contribution < 1.29 is 15.0 Å². The van der Waals surface area contributed by atoms with Gasteiger partial charge in [0.05, 0.1) is 11.7 Å². The molecule has 17 heavy (non-hydrogen) atoms. The van der Waals surface area contributed by atoms with Gasteiger partial charge in [-0.3, -0.25) is 4.79 Å². The minimum atomic E-state index is -0.531. The number of carbonyl (C=O) groups excluding carboxylic acids is 1. The Bertz CT molecular complexity index is 390. The fourth-order valence-electron chi connectivity index (χ4n) is 1.57. The van der Waals surface area contributed by atoms with Gasteiger partial charge in [-0.15, -0.1) is 0 Å². The van der Waals surface area contributed by atoms with Crippen molar-refractivity contribution in [3.05, 3.63) is 29.3 Å². The Morgan fingerprint density at radius 2 is 2.18 bits per heavy atom. The van der Waals surface area contributed by atoms with E-state index < -0.39 is 6.10 Å². The number of amides is 1. The first-order valence-electron chi connectivity index (χ1n) is 5.80. The number of aliphatic hydroxyl groups excluding tert-OH is 1. The molecule has 0 heterocycles. The molecule has 0 aliphatic rings. The smallest absolute Gasteiger partial charge is 0.255 e. The van der Waals surface area contributed by atoms with Gasteiger partial charge >= 0.3 is 0 Å². The minimum absolute atomic E-state index is 0.0347. The van der Waals surface area contributed by atoms with Gasteiger partial charge in [-0.1, -0.05) is 19.4 Å². The van der Waals surface area contributed by atoms with Crippen molar-refractivity contribution in [3.8, 4) is 5.75 Å². The van der Waals surface area contributed by atoms with E-state index in [1.807, 2.05) is 13.8 Å². The topological polar surface area (TPSA) is 69.6 Å². The van der Waals surface area contributed by atoms with Crippen molar-refractivity contribution in [2.75, 3.05) is 6.54 Å². The molecule has 4 heteroatoms. The quantitative estimate of drug-likeness (QED) is 0.728. The molecule has 0 fully saturated rings. The van der Waals surface area contributed by atoms with Crippen LogP contribution in [-0.2, 0) is 0 Å². The van der Waals surface area contributed by atoms with E-state index >= 15 is 0 Å². The van der Waals surface area contributed by atoms with Crippen molar-refractivity contribution in [2.45, 2.75) is 32.8 Å². The van der Waals surface area contributed by atoms with Crippen molar-refractivity contribution in [3.63, 3.8) is 0 Å². The van der Waals surface area contributed by atoms with Crippen LogP contribution in [-0.4, -0.2) is 28.8 Å². The third-order valence-electron chi connectivity index (χ3n) is 2.52. The molecule has 94 valence electrons. The molecule has 0 saturated heterocycles. The van der Waals surface area contributed by atoms with Gasteiger partial charge in [0.2, 0.25) is 0 Å². The van der Waals surface area contributed by atoms with Crippen molar-refractivity contribution >= 4 is 5.91 Å². The second kappa shape index (κ2) is 6.25. The Labute approximate surface area is 101 Å². The third-order valence-corrected chi connectivity index (χ3v) is 2.52. The number of phenolic OH excluding ortho intramolecular Hbond substituents is 1. The number of hydrogen-bond donors (Lipinski definition) is 3. The third kappa shape index (κ3) is 4.07. The molecule has 1 unspecified atom stereocenters. The molecule has 0 aliphatic heterocycles. The van der Waals surface area contributed by atoms with E-state index in [-0.39, 0.29) is 23.8 Å². The predicted molar refractivity (Wildman–Crippen MR) is 66.1 cm³/mol. The molecule has 4 nitrogen and oxygen atoms in total. The molecule has 0 radical (unpaired) electrons. The van der Waals surface area contributed by atoms with E-state index in [2.05, 4.69) is 5.32 Å². The SMILES string of the molecule is CCCC(O)CNC(=O)c1ccc(C)cc1O. The maximum absolute atomic E-state index is 11.7. The van der Waals surface area contributed by atoms with Crippen LogP contribution in [0.25, 0.3) is 0 Å². The van der Waals surface area contributed by atoms with Crippen LogP contribution < -0.4 is 5.32 Å². The molecule has 1 aromatic carbocycles. The predicted octanol–water partition coefficient (Wildman–Crippen LogP) is 1.59. The number of aryl methyl sites for hydroxylation is 1.